The third-order valence-corrected chi connectivity index (χ3v) is 15.4. The number of phenols is 1. The second-order valence-corrected chi connectivity index (χ2v) is 22.7. The lowest BCUT2D eigenvalue weighted by molar-refractivity contribution is 0.319. The maximum Gasteiger partial charge on any atom is 0.296 e. The molecule has 8 aromatic carbocycles. The summed E-state index contributed by atoms with van der Waals surface area (Å²) in [5.74, 6) is -0.425. The van der Waals surface area contributed by atoms with Gasteiger partial charge in [0.1, 0.15) is 38.8 Å². The van der Waals surface area contributed by atoms with Crippen molar-refractivity contribution in [3.63, 3.8) is 0 Å². The summed E-state index contributed by atoms with van der Waals surface area (Å²) in [6, 6.07) is 30.4. The van der Waals surface area contributed by atoms with Crippen LogP contribution in [0.3, 0.4) is 0 Å². The lowest BCUT2D eigenvalue weighted by atomic mass is 10.1. The van der Waals surface area contributed by atoms with Crippen LogP contribution >= 0.6 is 25.3 Å². The molecule has 9 rings (SSSR count). The molecule has 0 aliphatic rings. The molecule has 9 aromatic rings. The predicted octanol–water partition coefficient (Wildman–Crippen LogP) is 12.6. The van der Waals surface area contributed by atoms with E-state index in [1.165, 1.54) is 30.1 Å². The highest BCUT2D eigenvalue weighted by Crippen LogP contribution is 2.44. The van der Waals surface area contributed by atoms with Gasteiger partial charge in [-0.1, -0.05) is 44.7 Å². The molecule has 0 saturated heterocycles. The molecule has 0 fully saturated rings. The second-order valence-electron chi connectivity index (χ2n) is 17.4. The summed E-state index contributed by atoms with van der Waals surface area (Å²) in [4.78, 5) is 1.93. The number of phenolic OH excluding ortho intramolecular Hbond substituents is 1. The van der Waals surface area contributed by atoms with E-state index in [0.29, 0.717) is 62.3 Å². The zero-order valence-corrected chi connectivity index (χ0v) is 46.3. The molecule has 1 aromatic heterocycles. The Labute approximate surface area is 459 Å². The van der Waals surface area contributed by atoms with E-state index in [1.807, 2.05) is 56.3 Å². The van der Waals surface area contributed by atoms with Gasteiger partial charge in [-0.2, -0.15) is 35.2 Å². The van der Waals surface area contributed by atoms with Crippen LogP contribution in [0.5, 0.6) is 17.2 Å². The molecule has 404 valence electrons. The number of hydrogen-bond acceptors (Lipinski definition) is 18. The number of thiol groups is 2. The Kier molecular flexibility index (Phi) is 16.9. The molecule has 0 saturated carbocycles. The normalized spacial score (nSPS) is 12.2. The quantitative estimate of drug-likeness (QED) is 0.0193. The fraction of sp³-hybridized carbons (Fsp3) is 0.170. The average molecular weight is 1150 g/mol. The van der Waals surface area contributed by atoms with Crippen molar-refractivity contribution in [3.05, 3.63) is 132 Å². The third-order valence-electron chi connectivity index (χ3n) is 12.3. The largest absolute Gasteiger partial charge is 0.505 e. The number of rotatable bonds is 17. The number of ether oxygens (including phenoxy) is 2. The molecular weight excluding hydrogens is 1100 g/mol. The summed E-state index contributed by atoms with van der Waals surface area (Å²) < 4.78 is 109. The molecule has 0 atom stereocenters. The summed E-state index contributed by atoms with van der Waals surface area (Å²) in [6.45, 7) is 7.73. The van der Waals surface area contributed by atoms with Gasteiger partial charge in [0.15, 0.2) is 5.75 Å². The second kappa shape index (κ2) is 23.2. The van der Waals surface area contributed by atoms with Crippen LogP contribution in [0, 0.1) is 0 Å². The first kappa shape index (κ1) is 56.7. The van der Waals surface area contributed by atoms with Crippen molar-refractivity contribution in [3.8, 4) is 22.9 Å². The Morgan fingerprint density at radius 3 is 2.09 bits per heavy atom. The van der Waals surface area contributed by atoms with Crippen molar-refractivity contribution < 1.29 is 53.5 Å². The molecule has 1 heterocycles. The van der Waals surface area contributed by atoms with E-state index in [0.717, 1.165) is 43.8 Å². The summed E-state index contributed by atoms with van der Waals surface area (Å²) in [6.07, 6.45) is 3.07. The summed E-state index contributed by atoms with van der Waals surface area (Å²) >= 11 is 9.06. The molecule has 0 spiro atoms. The minimum atomic E-state index is -4.89. The van der Waals surface area contributed by atoms with E-state index < -0.39 is 52.4 Å². The molecule has 0 aliphatic carbocycles. The van der Waals surface area contributed by atoms with Crippen molar-refractivity contribution in [1.82, 2.24) is 15.0 Å². The number of aromatic nitrogens is 3. The van der Waals surface area contributed by atoms with Crippen LogP contribution in [-0.2, 0) is 43.2 Å². The fourth-order valence-corrected chi connectivity index (χ4v) is 10.7. The van der Waals surface area contributed by atoms with Gasteiger partial charge in [-0.15, -0.1) is 50.8 Å². The van der Waals surface area contributed by atoms with Gasteiger partial charge in [0.05, 0.1) is 41.4 Å². The third kappa shape index (κ3) is 12.7. The Hall–Kier alpha value is -7.49. The van der Waals surface area contributed by atoms with E-state index in [4.69, 9.17) is 19.1 Å². The van der Waals surface area contributed by atoms with E-state index >= 15 is 0 Å². The molecular formula is C53H50N8O12S5. The first-order valence-electron chi connectivity index (χ1n) is 23.6. The van der Waals surface area contributed by atoms with Crippen molar-refractivity contribution in [2.24, 2.45) is 20.5 Å². The van der Waals surface area contributed by atoms with Gasteiger partial charge >= 0.3 is 0 Å². The molecule has 0 unspecified atom stereocenters. The molecule has 25 heteroatoms. The van der Waals surface area contributed by atoms with Crippen LogP contribution in [0.4, 0.5) is 28.4 Å². The monoisotopic (exact) mass is 1150 g/mol. The van der Waals surface area contributed by atoms with Crippen molar-refractivity contribution >= 4 is 133 Å². The van der Waals surface area contributed by atoms with E-state index in [9.17, 15) is 39.5 Å². The Balaban J connectivity index is 0.000000280. The zero-order chi connectivity index (χ0) is 56.3. The molecule has 5 N–H and O–H groups in total. The van der Waals surface area contributed by atoms with Gasteiger partial charge in [-0.3, -0.25) is 13.7 Å². The predicted molar refractivity (Wildman–Crippen MR) is 306 cm³/mol. The number of fused-ring (bicyclic) bond motifs is 5. The SMILES string of the molecule is C=Cc1ccc(N=Nc2cc(CC)c(N=Nc3c(S(=O)(=O)O)cc4cc(-n5nc6ccc7c(S)cc(S)cc7c6n5)ccc4c3O)cc2OC)c(CC)c1.CNc1ccc2cc(S(=O)(=O)O)cc(OCCCS(=O)(=O)O)c2c1. The first-order chi connectivity index (χ1) is 37.0. The molecule has 78 heavy (non-hydrogen) atoms. The standard InChI is InChI=1S/C39H33N7O5S3.C14H17NO7S2/c1-5-21-8-12-30(22(6-2)14-21)40-42-33-16-23(7-3)32(20-34(33)51-4)41-43-38-36(54(48,49)50)17-24-15-25(9-10-27(24)39(38)47)46-44-31-13-11-28-29(37(31)45-46)18-26(52)19-35(28)53;1-15-11-4-3-10-7-12(24(19,20)21)9-14(13(10)8-11)22-5-2-6-23(16,17)18/h5,8-20,47,52-53H,1,6-7H2,2-4H3,(H,48,49,50);3-4,7-9,15H,2,5-6H2,1H3,(H,16,17,18)(H,19,20,21). The summed E-state index contributed by atoms with van der Waals surface area (Å²) in [5, 5.41) is 44.5. The summed E-state index contributed by atoms with van der Waals surface area (Å²) in [5.41, 5.74) is 6.27. The molecule has 0 amide bonds. The summed E-state index contributed by atoms with van der Waals surface area (Å²) in [7, 11) is -10.2. The fourth-order valence-electron chi connectivity index (χ4n) is 8.34. The van der Waals surface area contributed by atoms with Gasteiger partial charge in [0.2, 0.25) is 0 Å². The van der Waals surface area contributed by atoms with Gasteiger partial charge in [-0.05, 0) is 131 Å². The maximum absolute atomic E-state index is 12.7. The number of aromatic hydroxyl groups is 1. The average Bonchev–Trinajstić information content (AvgIpc) is 3.91. The van der Waals surface area contributed by atoms with Crippen LogP contribution in [0.1, 0.15) is 37.0 Å². The highest BCUT2D eigenvalue weighted by atomic mass is 32.2. The number of hydrogen-bond donors (Lipinski definition) is 7. The van der Waals surface area contributed by atoms with Gasteiger partial charge in [0.25, 0.3) is 30.4 Å². The Morgan fingerprint density at radius 1 is 0.692 bits per heavy atom. The van der Waals surface area contributed by atoms with Crippen LogP contribution in [0.25, 0.3) is 55.1 Å². The van der Waals surface area contributed by atoms with Crippen LogP contribution in [0.2, 0.25) is 0 Å². The Bertz CT molecular complexity index is 4270. The van der Waals surface area contributed by atoms with Gasteiger partial charge < -0.3 is 19.9 Å². The minimum absolute atomic E-state index is 0.0299. The minimum Gasteiger partial charge on any atom is -0.505 e. The van der Waals surface area contributed by atoms with E-state index in [2.05, 4.69) is 62.7 Å². The molecule has 20 nitrogen and oxygen atoms in total. The topological polar surface area (TPSA) is 294 Å². The highest BCUT2D eigenvalue weighted by Gasteiger charge is 2.24. The number of methoxy groups -OCH3 is 1. The molecule has 0 aliphatic heterocycles. The van der Waals surface area contributed by atoms with E-state index in [1.54, 1.807) is 61.7 Å². The lowest BCUT2D eigenvalue weighted by Crippen LogP contribution is -2.09. The van der Waals surface area contributed by atoms with Crippen molar-refractivity contribution in [2.75, 3.05) is 31.8 Å². The first-order valence-corrected chi connectivity index (χ1v) is 29.0. The number of azo groups is 2. The van der Waals surface area contributed by atoms with Crippen LogP contribution < -0.4 is 14.8 Å². The van der Waals surface area contributed by atoms with Crippen molar-refractivity contribution in [2.45, 2.75) is 52.7 Å². The number of anilines is 1. The number of aryl methyl sites for hydroxylation is 2. The maximum atomic E-state index is 12.7. The molecule has 0 radical (unpaired) electrons. The van der Waals surface area contributed by atoms with E-state index in [-0.39, 0.29) is 34.4 Å². The van der Waals surface area contributed by atoms with Crippen LogP contribution in [-0.4, -0.2) is 85.5 Å². The lowest BCUT2D eigenvalue weighted by Gasteiger charge is -2.12. The Morgan fingerprint density at radius 2 is 1.41 bits per heavy atom. The number of nitrogens with zero attached hydrogens (tertiary/aromatic N) is 7. The number of nitrogens with one attached hydrogen (secondary N) is 1. The van der Waals surface area contributed by atoms with Gasteiger partial charge in [-0.25, -0.2) is 0 Å². The number of benzene rings is 8. The van der Waals surface area contributed by atoms with Crippen LogP contribution in [0.15, 0.2) is 156 Å². The molecule has 0 bridgehead atoms. The van der Waals surface area contributed by atoms with Crippen molar-refractivity contribution in [1.29, 1.82) is 0 Å². The zero-order valence-electron chi connectivity index (χ0n) is 42.0. The van der Waals surface area contributed by atoms with Gasteiger partial charge in [0, 0.05) is 50.8 Å². The smallest absolute Gasteiger partial charge is 0.296 e. The highest BCUT2D eigenvalue weighted by molar-refractivity contribution is 7.86.